The van der Waals surface area contributed by atoms with Gasteiger partial charge in [0, 0.05) is 7.05 Å². The number of carbonyl (C=O) groups excluding carboxylic acids is 1. The van der Waals surface area contributed by atoms with Crippen LogP contribution in [0.2, 0.25) is 0 Å². The lowest BCUT2D eigenvalue weighted by Gasteiger charge is -2.14. The summed E-state index contributed by atoms with van der Waals surface area (Å²) in [7, 11) is 1.36. The van der Waals surface area contributed by atoms with Crippen molar-refractivity contribution in [1.82, 2.24) is 9.78 Å². The van der Waals surface area contributed by atoms with Crippen molar-refractivity contribution >= 4 is 5.91 Å². The second-order valence-electron chi connectivity index (χ2n) is 4.82. The molecule has 1 aromatic heterocycles. The van der Waals surface area contributed by atoms with Gasteiger partial charge in [-0.05, 0) is 18.6 Å². The highest BCUT2D eigenvalue weighted by Gasteiger charge is 2.36. The molecule has 1 unspecified atom stereocenters. The Labute approximate surface area is 119 Å². The van der Waals surface area contributed by atoms with Crippen molar-refractivity contribution in [2.75, 3.05) is 0 Å². The highest BCUT2D eigenvalue weighted by atomic mass is 19.4. The maximum absolute atomic E-state index is 12.7. The van der Waals surface area contributed by atoms with E-state index < -0.39 is 23.7 Å². The van der Waals surface area contributed by atoms with E-state index in [4.69, 9.17) is 5.73 Å². The van der Waals surface area contributed by atoms with Crippen LogP contribution in [0, 0.1) is 6.92 Å². The van der Waals surface area contributed by atoms with Crippen molar-refractivity contribution in [3.63, 3.8) is 0 Å². The van der Waals surface area contributed by atoms with Crippen LogP contribution in [0.1, 0.15) is 28.4 Å². The largest absolute Gasteiger partial charge is 0.435 e. The van der Waals surface area contributed by atoms with Gasteiger partial charge in [-0.2, -0.15) is 18.3 Å². The van der Waals surface area contributed by atoms with Crippen molar-refractivity contribution in [2.24, 2.45) is 12.8 Å². The molecule has 2 rings (SSSR count). The number of carbonyl (C=O) groups is 1. The number of hydrogen-bond donors (Lipinski definition) is 1. The van der Waals surface area contributed by atoms with Gasteiger partial charge in [0.1, 0.15) is 5.92 Å². The smallest absolute Gasteiger partial charge is 0.369 e. The predicted octanol–water partition coefficient (Wildman–Crippen LogP) is 2.36. The number of amides is 1. The molecule has 0 bridgehead atoms. The molecular formula is C14H14F3N3O. The van der Waals surface area contributed by atoms with Crippen LogP contribution in [0.4, 0.5) is 13.2 Å². The van der Waals surface area contributed by atoms with Gasteiger partial charge in [0.25, 0.3) is 0 Å². The van der Waals surface area contributed by atoms with E-state index >= 15 is 0 Å². The lowest BCUT2D eigenvalue weighted by atomic mass is 9.94. The van der Waals surface area contributed by atoms with E-state index in [1.165, 1.54) is 7.05 Å². The fourth-order valence-corrected chi connectivity index (χ4v) is 2.13. The third-order valence-corrected chi connectivity index (χ3v) is 3.20. The summed E-state index contributed by atoms with van der Waals surface area (Å²) in [5.41, 5.74) is 5.94. The highest BCUT2D eigenvalue weighted by Crippen LogP contribution is 2.32. The van der Waals surface area contributed by atoms with Crippen molar-refractivity contribution in [3.05, 3.63) is 52.8 Å². The molecule has 0 spiro atoms. The number of aryl methyl sites for hydroxylation is 2. The highest BCUT2D eigenvalue weighted by molar-refractivity contribution is 5.85. The molecule has 1 aromatic carbocycles. The van der Waals surface area contributed by atoms with Crippen LogP contribution in [0.15, 0.2) is 30.3 Å². The summed E-state index contributed by atoms with van der Waals surface area (Å²) in [6.45, 7) is 1.87. The van der Waals surface area contributed by atoms with Crippen LogP contribution in [-0.4, -0.2) is 15.7 Å². The number of halogens is 3. The Kier molecular flexibility index (Phi) is 3.76. The average molecular weight is 297 g/mol. The SMILES string of the molecule is Cc1ccc(C(C(N)=O)c2cc(C(F)(F)F)nn2C)cc1. The van der Waals surface area contributed by atoms with Gasteiger partial charge in [0.2, 0.25) is 5.91 Å². The van der Waals surface area contributed by atoms with Crippen LogP contribution < -0.4 is 5.73 Å². The van der Waals surface area contributed by atoms with Crippen LogP contribution in [0.25, 0.3) is 0 Å². The quantitative estimate of drug-likeness (QED) is 0.945. The summed E-state index contributed by atoms with van der Waals surface area (Å²) in [4.78, 5) is 11.7. The Hall–Kier alpha value is -2.31. The number of nitrogens with two attached hydrogens (primary N) is 1. The molecule has 0 aliphatic rings. The minimum Gasteiger partial charge on any atom is -0.369 e. The van der Waals surface area contributed by atoms with E-state index in [0.717, 1.165) is 16.3 Å². The zero-order chi connectivity index (χ0) is 15.8. The minimum absolute atomic E-state index is 0.110. The number of hydrogen-bond acceptors (Lipinski definition) is 2. The van der Waals surface area contributed by atoms with Crippen molar-refractivity contribution in [2.45, 2.75) is 19.0 Å². The average Bonchev–Trinajstić information content (AvgIpc) is 2.74. The first-order valence-corrected chi connectivity index (χ1v) is 6.17. The molecular weight excluding hydrogens is 283 g/mol. The number of primary amides is 1. The van der Waals surface area contributed by atoms with Gasteiger partial charge < -0.3 is 5.73 Å². The number of aromatic nitrogens is 2. The molecule has 0 radical (unpaired) electrons. The van der Waals surface area contributed by atoms with Gasteiger partial charge in [0.05, 0.1) is 5.69 Å². The molecule has 1 heterocycles. The third-order valence-electron chi connectivity index (χ3n) is 3.20. The molecule has 1 atom stereocenters. The summed E-state index contributed by atoms with van der Waals surface area (Å²) < 4.78 is 39.2. The minimum atomic E-state index is -4.56. The molecule has 4 nitrogen and oxygen atoms in total. The fraction of sp³-hybridized carbons (Fsp3) is 0.286. The maximum Gasteiger partial charge on any atom is 0.435 e. The summed E-state index contributed by atoms with van der Waals surface area (Å²) in [6, 6.07) is 7.74. The number of alkyl halides is 3. The van der Waals surface area contributed by atoms with E-state index in [-0.39, 0.29) is 5.69 Å². The van der Waals surface area contributed by atoms with Crippen molar-refractivity contribution in [3.8, 4) is 0 Å². The molecule has 21 heavy (non-hydrogen) atoms. The van der Waals surface area contributed by atoms with Gasteiger partial charge in [-0.25, -0.2) is 0 Å². The predicted molar refractivity (Wildman–Crippen MR) is 70.4 cm³/mol. The topological polar surface area (TPSA) is 60.9 Å². The molecule has 2 N–H and O–H groups in total. The van der Waals surface area contributed by atoms with E-state index in [2.05, 4.69) is 5.10 Å². The molecule has 112 valence electrons. The van der Waals surface area contributed by atoms with Crippen LogP contribution in [0.3, 0.4) is 0 Å². The van der Waals surface area contributed by atoms with Gasteiger partial charge in [0.15, 0.2) is 5.69 Å². The van der Waals surface area contributed by atoms with Gasteiger partial charge in [-0.3, -0.25) is 9.48 Å². The van der Waals surface area contributed by atoms with Gasteiger partial charge in [-0.15, -0.1) is 0 Å². The molecule has 0 fully saturated rings. The standard InChI is InChI=1S/C14H14F3N3O/c1-8-3-5-9(6-4-8)12(13(18)21)10-7-11(14(15,16)17)19-20(10)2/h3-7,12H,1-2H3,(H2,18,21). The molecule has 0 aliphatic carbocycles. The van der Waals surface area contributed by atoms with Gasteiger partial charge in [-0.1, -0.05) is 29.8 Å². The van der Waals surface area contributed by atoms with Crippen molar-refractivity contribution in [1.29, 1.82) is 0 Å². The normalized spacial score (nSPS) is 13.2. The Morgan fingerprint density at radius 1 is 1.29 bits per heavy atom. The van der Waals surface area contributed by atoms with Crippen LogP contribution in [-0.2, 0) is 18.0 Å². The molecule has 1 amide bonds. The third kappa shape index (κ3) is 3.07. The monoisotopic (exact) mass is 297 g/mol. The van der Waals surface area contributed by atoms with Crippen LogP contribution in [0.5, 0.6) is 0 Å². The van der Waals surface area contributed by atoms with Gasteiger partial charge >= 0.3 is 6.18 Å². The first kappa shape index (κ1) is 15.1. The summed E-state index contributed by atoms with van der Waals surface area (Å²) in [5.74, 6) is -1.70. The lowest BCUT2D eigenvalue weighted by Crippen LogP contribution is -2.24. The summed E-state index contributed by atoms with van der Waals surface area (Å²) >= 11 is 0. The Bertz CT molecular complexity index is 659. The second-order valence-corrected chi connectivity index (χ2v) is 4.82. The van der Waals surface area contributed by atoms with E-state index in [1.807, 2.05) is 6.92 Å². The first-order valence-electron chi connectivity index (χ1n) is 6.17. The Morgan fingerprint density at radius 2 is 1.86 bits per heavy atom. The maximum atomic E-state index is 12.7. The van der Waals surface area contributed by atoms with E-state index in [1.54, 1.807) is 24.3 Å². The first-order chi connectivity index (χ1) is 9.70. The molecule has 2 aromatic rings. The summed E-state index contributed by atoms with van der Waals surface area (Å²) in [5, 5.41) is 3.41. The number of nitrogens with zero attached hydrogens (tertiary/aromatic N) is 2. The van der Waals surface area contributed by atoms with E-state index in [9.17, 15) is 18.0 Å². The molecule has 0 saturated heterocycles. The molecule has 7 heteroatoms. The zero-order valence-electron chi connectivity index (χ0n) is 11.5. The number of benzene rings is 1. The zero-order valence-corrected chi connectivity index (χ0v) is 11.5. The fourth-order valence-electron chi connectivity index (χ4n) is 2.13. The lowest BCUT2D eigenvalue weighted by molar-refractivity contribution is -0.141. The van der Waals surface area contributed by atoms with Crippen molar-refractivity contribution < 1.29 is 18.0 Å². The Morgan fingerprint density at radius 3 is 2.29 bits per heavy atom. The Balaban J connectivity index is 2.51. The van der Waals surface area contributed by atoms with E-state index in [0.29, 0.717) is 5.56 Å². The number of rotatable bonds is 3. The molecule has 0 saturated carbocycles. The van der Waals surface area contributed by atoms with Crippen LogP contribution >= 0.6 is 0 Å². The second kappa shape index (κ2) is 5.23. The molecule has 0 aliphatic heterocycles. The summed E-state index contributed by atoms with van der Waals surface area (Å²) in [6.07, 6.45) is -4.56.